The van der Waals surface area contributed by atoms with Crippen molar-refractivity contribution in [3.63, 3.8) is 0 Å². The smallest absolute Gasteiger partial charge is 0.0420 e. The minimum absolute atomic E-state index is 0.274. The van der Waals surface area contributed by atoms with E-state index in [4.69, 9.17) is 18.0 Å². The second-order valence-corrected chi connectivity index (χ2v) is 4.91. The molecule has 0 aliphatic carbocycles. The molecular formula is C13H15BrClN. The van der Waals surface area contributed by atoms with Crippen molar-refractivity contribution in [3.05, 3.63) is 33.3 Å². The van der Waals surface area contributed by atoms with Gasteiger partial charge in [-0.2, -0.15) is 0 Å². The van der Waals surface area contributed by atoms with Crippen LogP contribution in [0.1, 0.15) is 31.4 Å². The van der Waals surface area contributed by atoms with Crippen LogP contribution < -0.4 is 5.32 Å². The predicted molar refractivity (Wildman–Crippen MR) is 73.6 cm³/mol. The molecule has 0 heterocycles. The summed E-state index contributed by atoms with van der Waals surface area (Å²) in [6.45, 7) is 3.00. The molecule has 0 aliphatic rings. The molecule has 1 nitrogen and oxygen atoms in total. The van der Waals surface area contributed by atoms with Crippen molar-refractivity contribution in [2.75, 3.05) is 6.54 Å². The third-order valence-corrected chi connectivity index (χ3v) is 2.99. The van der Waals surface area contributed by atoms with E-state index in [1.165, 1.54) is 5.56 Å². The second-order valence-electron chi connectivity index (χ2n) is 3.56. The summed E-state index contributed by atoms with van der Waals surface area (Å²) in [6, 6.07) is 6.22. The molecule has 0 bridgehead atoms. The van der Waals surface area contributed by atoms with Gasteiger partial charge < -0.3 is 5.32 Å². The average Bonchev–Trinajstić information content (AvgIpc) is 2.22. The van der Waals surface area contributed by atoms with E-state index in [0.717, 1.165) is 28.9 Å². The van der Waals surface area contributed by atoms with Gasteiger partial charge in [-0.25, -0.2) is 0 Å². The Hall–Kier alpha value is -0.490. The summed E-state index contributed by atoms with van der Waals surface area (Å²) in [6.07, 6.45) is 6.99. The Balaban J connectivity index is 2.87. The number of benzene rings is 1. The number of halogens is 2. The molecule has 0 saturated carbocycles. The topological polar surface area (TPSA) is 12.0 Å². The Morgan fingerprint density at radius 1 is 1.50 bits per heavy atom. The van der Waals surface area contributed by atoms with E-state index in [1.807, 2.05) is 12.1 Å². The lowest BCUT2D eigenvalue weighted by Gasteiger charge is -2.17. The fourth-order valence-electron chi connectivity index (χ4n) is 1.64. The number of hydrogen-bond acceptors (Lipinski definition) is 1. The first-order valence-electron chi connectivity index (χ1n) is 5.30. The summed E-state index contributed by atoms with van der Waals surface area (Å²) in [5.41, 5.74) is 1.18. The summed E-state index contributed by atoms with van der Waals surface area (Å²) >= 11 is 9.48. The van der Waals surface area contributed by atoms with Crippen LogP contribution in [0.3, 0.4) is 0 Å². The average molecular weight is 301 g/mol. The zero-order valence-electron chi connectivity index (χ0n) is 9.26. The molecule has 3 heteroatoms. The first kappa shape index (κ1) is 13.6. The fourth-order valence-corrected chi connectivity index (χ4v) is 2.52. The van der Waals surface area contributed by atoms with Crippen molar-refractivity contribution < 1.29 is 0 Å². The quantitative estimate of drug-likeness (QED) is 0.805. The maximum atomic E-state index is 6.03. The number of terminal acetylenes is 1. The first-order valence-corrected chi connectivity index (χ1v) is 6.47. The van der Waals surface area contributed by atoms with Crippen LogP contribution in [0.25, 0.3) is 0 Å². The van der Waals surface area contributed by atoms with E-state index < -0.39 is 0 Å². The van der Waals surface area contributed by atoms with Gasteiger partial charge >= 0.3 is 0 Å². The highest BCUT2D eigenvalue weighted by Crippen LogP contribution is 2.26. The summed E-state index contributed by atoms with van der Waals surface area (Å²) in [5, 5.41) is 4.16. The van der Waals surface area contributed by atoms with Gasteiger partial charge in [0, 0.05) is 22.0 Å². The van der Waals surface area contributed by atoms with Crippen molar-refractivity contribution in [3.8, 4) is 12.3 Å². The van der Waals surface area contributed by atoms with Gasteiger partial charge in [-0.05, 0) is 36.7 Å². The van der Waals surface area contributed by atoms with Crippen molar-refractivity contribution in [2.24, 2.45) is 0 Å². The van der Waals surface area contributed by atoms with Gasteiger partial charge in [-0.3, -0.25) is 0 Å². The normalized spacial score (nSPS) is 12.1. The zero-order valence-corrected chi connectivity index (χ0v) is 11.6. The molecule has 16 heavy (non-hydrogen) atoms. The van der Waals surface area contributed by atoms with E-state index in [9.17, 15) is 0 Å². The molecule has 0 saturated heterocycles. The molecular weight excluding hydrogens is 286 g/mol. The third-order valence-electron chi connectivity index (χ3n) is 2.32. The summed E-state index contributed by atoms with van der Waals surface area (Å²) in [7, 11) is 0. The lowest BCUT2D eigenvalue weighted by molar-refractivity contribution is 0.522. The van der Waals surface area contributed by atoms with Crippen LogP contribution in [0, 0.1) is 12.3 Å². The van der Waals surface area contributed by atoms with Gasteiger partial charge in [-0.1, -0.05) is 34.5 Å². The van der Waals surface area contributed by atoms with Crippen molar-refractivity contribution in [2.45, 2.75) is 25.8 Å². The lowest BCUT2D eigenvalue weighted by atomic mass is 10.0. The minimum atomic E-state index is 0.274. The Labute approximate surface area is 111 Å². The van der Waals surface area contributed by atoms with E-state index in [1.54, 1.807) is 0 Å². The molecule has 1 unspecified atom stereocenters. The number of hydrogen-bond donors (Lipinski definition) is 1. The van der Waals surface area contributed by atoms with Crippen LogP contribution in [0.15, 0.2) is 22.7 Å². The van der Waals surface area contributed by atoms with Crippen molar-refractivity contribution in [1.29, 1.82) is 0 Å². The third kappa shape index (κ3) is 4.17. The number of rotatable bonds is 5. The summed E-state index contributed by atoms with van der Waals surface area (Å²) in [4.78, 5) is 0. The highest BCUT2D eigenvalue weighted by Gasteiger charge is 2.10. The van der Waals surface area contributed by atoms with Gasteiger partial charge in [0.15, 0.2) is 0 Å². The monoisotopic (exact) mass is 299 g/mol. The Morgan fingerprint density at radius 2 is 2.25 bits per heavy atom. The maximum absolute atomic E-state index is 6.03. The largest absolute Gasteiger partial charge is 0.310 e. The molecule has 86 valence electrons. The van der Waals surface area contributed by atoms with Crippen LogP contribution in [-0.4, -0.2) is 6.54 Å². The van der Waals surface area contributed by atoms with Crippen LogP contribution in [0.2, 0.25) is 5.02 Å². The Bertz CT molecular complexity index is 364. The SMILES string of the molecule is C#CCCC(NCC)c1cc(Cl)cc(Br)c1. The molecule has 1 atom stereocenters. The number of nitrogens with one attached hydrogen (secondary N) is 1. The maximum Gasteiger partial charge on any atom is 0.0420 e. The second kappa shape index (κ2) is 6.96. The van der Waals surface area contributed by atoms with Crippen molar-refractivity contribution >= 4 is 27.5 Å². The van der Waals surface area contributed by atoms with E-state index in [-0.39, 0.29) is 6.04 Å². The fraction of sp³-hybridized carbons (Fsp3) is 0.385. The molecule has 0 aliphatic heterocycles. The molecule has 1 N–H and O–H groups in total. The highest BCUT2D eigenvalue weighted by molar-refractivity contribution is 9.10. The molecule has 0 spiro atoms. The molecule has 1 aromatic carbocycles. The predicted octanol–water partition coefficient (Wildman–Crippen LogP) is 4.17. The first-order chi connectivity index (χ1) is 7.67. The Morgan fingerprint density at radius 3 is 2.81 bits per heavy atom. The lowest BCUT2D eigenvalue weighted by Crippen LogP contribution is -2.20. The van der Waals surface area contributed by atoms with Crippen LogP contribution in [0.5, 0.6) is 0 Å². The highest BCUT2D eigenvalue weighted by atomic mass is 79.9. The molecule has 0 aromatic heterocycles. The van der Waals surface area contributed by atoms with Gasteiger partial charge in [-0.15, -0.1) is 12.3 Å². The van der Waals surface area contributed by atoms with Gasteiger partial charge in [0.05, 0.1) is 0 Å². The van der Waals surface area contributed by atoms with Gasteiger partial charge in [0.1, 0.15) is 0 Å². The Kier molecular flexibility index (Phi) is 5.90. The van der Waals surface area contributed by atoms with Gasteiger partial charge in [0.25, 0.3) is 0 Å². The molecule has 0 amide bonds. The summed E-state index contributed by atoms with van der Waals surface area (Å²) < 4.78 is 0.999. The molecule has 1 aromatic rings. The van der Waals surface area contributed by atoms with Crippen LogP contribution in [-0.2, 0) is 0 Å². The van der Waals surface area contributed by atoms with Crippen LogP contribution in [0.4, 0.5) is 0 Å². The standard InChI is InChI=1S/C13H15BrClN/c1-3-5-6-13(16-4-2)10-7-11(14)9-12(15)8-10/h1,7-9,13,16H,4-6H2,2H3. The van der Waals surface area contributed by atoms with E-state index in [0.29, 0.717) is 0 Å². The van der Waals surface area contributed by atoms with Crippen molar-refractivity contribution in [1.82, 2.24) is 5.32 Å². The molecule has 0 fully saturated rings. The molecule has 1 rings (SSSR count). The van der Waals surface area contributed by atoms with Gasteiger partial charge in [0.2, 0.25) is 0 Å². The molecule has 0 radical (unpaired) electrons. The minimum Gasteiger partial charge on any atom is -0.310 e. The summed E-state index contributed by atoms with van der Waals surface area (Å²) in [5.74, 6) is 2.67. The van der Waals surface area contributed by atoms with E-state index >= 15 is 0 Å². The van der Waals surface area contributed by atoms with E-state index in [2.05, 4.69) is 40.2 Å². The zero-order chi connectivity index (χ0) is 12.0. The van der Waals surface area contributed by atoms with Crippen LogP contribution >= 0.6 is 27.5 Å².